The number of amides is 1. The van der Waals surface area contributed by atoms with Crippen LogP contribution < -0.4 is 15.8 Å². The van der Waals surface area contributed by atoms with Crippen molar-refractivity contribution in [1.82, 2.24) is 4.31 Å². The van der Waals surface area contributed by atoms with Gasteiger partial charge in [0.15, 0.2) is 0 Å². The molecule has 1 aromatic carbocycles. The molecule has 1 saturated heterocycles. The van der Waals surface area contributed by atoms with E-state index in [0.717, 1.165) is 0 Å². The molecule has 1 amide bonds. The van der Waals surface area contributed by atoms with E-state index in [1.165, 1.54) is 11.4 Å². The molecular weight excluding hydrogens is 318 g/mol. The van der Waals surface area contributed by atoms with E-state index in [1.54, 1.807) is 18.2 Å². The summed E-state index contributed by atoms with van der Waals surface area (Å²) in [6, 6.07) is 4.88. The fourth-order valence-corrected chi connectivity index (χ4v) is 3.46. The Morgan fingerprint density at radius 1 is 1.48 bits per heavy atom. The Bertz CT molecular complexity index is 621. The number of carbonyl (C=O) groups excluding carboxylic acids is 1. The van der Waals surface area contributed by atoms with Crippen LogP contribution in [0.1, 0.15) is 6.42 Å². The number of nitrogens with zero attached hydrogens (tertiary/aromatic N) is 1. The van der Waals surface area contributed by atoms with Crippen molar-refractivity contribution in [2.24, 2.45) is 0 Å². The highest BCUT2D eigenvalue weighted by atomic mass is 35.5. The first-order chi connectivity index (χ1) is 9.42. The van der Waals surface area contributed by atoms with Crippen LogP contribution in [0.2, 0.25) is 0 Å². The zero-order valence-electron chi connectivity index (χ0n) is 11.5. The highest BCUT2D eigenvalue weighted by Crippen LogP contribution is 2.24. The van der Waals surface area contributed by atoms with Gasteiger partial charge < -0.3 is 15.8 Å². The Hall–Kier alpha value is -1.51. The summed E-state index contributed by atoms with van der Waals surface area (Å²) in [5.74, 6) is 0.236. The van der Waals surface area contributed by atoms with Gasteiger partial charge in [-0.1, -0.05) is 0 Å². The minimum absolute atomic E-state index is 0. The number of nitrogens with one attached hydrogen (secondary N) is 1. The largest absolute Gasteiger partial charge is 0.497 e. The highest BCUT2D eigenvalue weighted by molar-refractivity contribution is 7.89. The molecule has 1 aliphatic heterocycles. The quantitative estimate of drug-likeness (QED) is 0.787. The number of rotatable bonds is 4. The molecule has 3 N–H and O–H groups in total. The number of nitrogens with two attached hydrogens (primary N) is 1. The zero-order chi connectivity index (χ0) is 14.8. The Balaban J connectivity index is 0.00000220. The average Bonchev–Trinajstić information content (AvgIpc) is 2.71. The first-order valence-corrected chi connectivity index (χ1v) is 7.74. The molecule has 7 nitrogen and oxygen atoms in total. The van der Waals surface area contributed by atoms with Crippen LogP contribution in [0, 0.1) is 0 Å². The van der Waals surface area contributed by atoms with Gasteiger partial charge in [0.25, 0.3) is 0 Å². The van der Waals surface area contributed by atoms with Crippen LogP contribution in [-0.4, -0.2) is 44.6 Å². The molecule has 1 fully saturated rings. The van der Waals surface area contributed by atoms with Crippen molar-refractivity contribution in [3.63, 3.8) is 0 Å². The number of ether oxygens (including phenoxy) is 1. The molecule has 0 bridgehead atoms. The van der Waals surface area contributed by atoms with Gasteiger partial charge in [-0.25, -0.2) is 8.42 Å². The second-order valence-corrected chi connectivity index (χ2v) is 6.59. The van der Waals surface area contributed by atoms with E-state index >= 15 is 0 Å². The number of methoxy groups -OCH3 is 1. The smallest absolute Gasteiger partial charge is 0.239 e. The van der Waals surface area contributed by atoms with Crippen molar-refractivity contribution in [1.29, 1.82) is 0 Å². The van der Waals surface area contributed by atoms with Gasteiger partial charge in [-0.05, 0) is 18.6 Å². The normalized spacial score (nSPS) is 17.0. The summed E-state index contributed by atoms with van der Waals surface area (Å²) < 4.78 is 29.5. The predicted octanol–water partition coefficient (Wildman–Crippen LogP) is 0.673. The summed E-state index contributed by atoms with van der Waals surface area (Å²) in [7, 11) is -1.77. The maximum atomic E-state index is 11.9. The van der Waals surface area contributed by atoms with Crippen molar-refractivity contribution in [2.45, 2.75) is 6.42 Å². The number of hydrogen-bond acceptors (Lipinski definition) is 5. The van der Waals surface area contributed by atoms with Crippen LogP contribution in [0.3, 0.4) is 0 Å². The summed E-state index contributed by atoms with van der Waals surface area (Å²) in [4.78, 5) is 11.9. The van der Waals surface area contributed by atoms with E-state index < -0.39 is 15.9 Å². The van der Waals surface area contributed by atoms with E-state index in [2.05, 4.69) is 5.32 Å². The molecule has 0 aliphatic carbocycles. The number of sulfonamides is 1. The molecule has 0 saturated carbocycles. The Kier molecular flexibility index (Phi) is 5.82. The van der Waals surface area contributed by atoms with Gasteiger partial charge in [-0.3, -0.25) is 4.79 Å². The monoisotopic (exact) mass is 335 g/mol. The van der Waals surface area contributed by atoms with Gasteiger partial charge in [-0.2, -0.15) is 4.31 Å². The molecule has 21 heavy (non-hydrogen) atoms. The minimum Gasteiger partial charge on any atom is -0.497 e. The van der Waals surface area contributed by atoms with E-state index in [1.807, 2.05) is 0 Å². The second-order valence-electron chi connectivity index (χ2n) is 4.50. The first-order valence-electron chi connectivity index (χ1n) is 6.13. The van der Waals surface area contributed by atoms with Gasteiger partial charge in [0.05, 0.1) is 30.8 Å². The van der Waals surface area contributed by atoms with Crippen molar-refractivity contribution in [3.8, 4) is 5.75 Å². The van der Waals surface area contributed by atoms with Crippen LogP contribution >= 0.6 is 12.4 Å². The Morgan fingerprint density at radius 2 is 2.19 bits per heavy atom. The van der Waals surface area contributed by atoms with Crippen LogP contribution in [0.15, 0.2) is 18.2 Å². The van der Waals surface area contributed by atoms with E-state index in [0.29, 0.717) is 30.1 Å². The number of halogens is 1. The second kappa shape index (κ2) is 6.97. The van der Waals surface area contributed by atoms with Crippen molar-refractivity contribution in [3.05, 3.63) is 18.2 Å². The van der Waals surface area contributed by atoms with E-state index in [4.69, 9.17) is 10.5 Å². The minimum atomic E-state index is -3.28. The molecule has 1 aromatic rings. The van der Waals surface area contributed by atoms with Gasteiger partial charge in [0.1, 0.15) is 5.75 Å². The van der Waals surface area contributed by atoms with Crippen LogP contribution in [0.4, 0.5) is 11.4 Å². The molecule has 0 atom stereocenters. The van der Waals surface area contributed by atoms with Crippen LogP contribution in [0.5, 0.6) is 5.75 Å². The lowest BCUT2D eigenvalue weighted by atomic mass is 10.2. The molecule has 9 heteroatoms. The summed E-state index contributed by atoms with van der Waals surface area (Å²) in [5, 5.41) is 2.60. The van der Waals surface area contributed by atoms with Crippen molar-refractivity contribution in [2.75, 3.05) is 37.0 Å². The SMILES string of the molecule is COc1ccc(N)c(NC(=O)CN2CCCS2(=O)=O)c1.Cl. The van der Waals surface area contributed by atoms with Gasteiger partial charge in [0.2, 0.25) is 15.9 Å². The van der Waals surface area contributed by atoms with Crippen molar-refractivity contribution >= 4 is 39.7 Å². The highest BCUT2D eigenvalue weighted by Gasteiger charge is 2.29. The Labute approximate surface area is 129 Å². The molecule has 1 heterocycles. The summed E-state index contributed by atoms with van der Waals surface area (Å²) >= 11 is 0. The third-order valence-corrected chi connectivity index (χ3v) is 4.96. The molecule has 0 spiro atoms. The molecule has 0 radical (unpaired) electrons. The van der Waals surface area contributed by atoms with Crippen LogP contribution in [-0.2, 0) is 14.8 Å². The van der Waals surface area contributed by atoms with Crippen LogP contribution in [0.25, 0.3) is 0 Å². The summed E-state index contributed by atoms with van der Waals surface area (Å²) in [5.41, 5.74) is 6.55. The third kappa shape index (κ3) is 4.23. The molecule has 0 aromatic heterocycles. The van der Waals surface area contributed by atoms with Gasteiger partial charge in [-0.15, -0.1) is 12.4 Å². The summed E-state index contributed by atoms with van der Waals surface area (Å²) in [6.07, 6.45) is 0.552. The van der Waals surface area contributed by atoms with Gasteiger partial charge in [0, 0.05) is 12.6 Å². The maximum absolute atomic E-state index is 11.9. The molecule has 2 rings (SSSR count). The number of carbonyl (C=O) groups is 1. The van der Waals surface area contributed by atoms with Gasteiger partial charge >= 0.3 is 0 Å². The number of anilines is 2. The van der Waals surface area contributed by atoms with E-state index in [9.17, 15) is 13.2 Å². The Morgan fingerprint density at radius 3 is 2.76 bits per heavy atom. The lowest BCUT2D eigenvalue weighted by Crippen LogP contribution is -2.34. The zero-order valence-corrected chi connectivity index (χ0v) is 13.2. The fraction of sp³-hybridized carbons (Fsp3) is 0.417. The topological polar surface area (TPSA) is 102 Å². The first kappa shape index (κ1) is 17.5. The predicted molar refractivity (Wildman–Crippen MR) is 83.3 cm³/mol. The fourth-order valence-electron chi connectivity index (χ4n) is 1.99. The standard InChI is InChI=1S/C12H17N3O4S.ClH/c1-19-9-3-4-10(13)11(7-9)14-12(16)8-15-5-2-6-20(15,17)18;/h3-4,7H,2,5-6,8,13H2,1H3,(H,14,16);1H. The maximum Gasteiger partial charge on any atom is 0.239 e. The van der Waals surface area contributed by atoms with Crippen molar-refractivity contribution < 1.29 is 17.9 Å². The third-order valence-electron chi connectivity index (χ3n) is 3.06. The summed E-state index contributed by atoms with van der Waals surface area (Å²) in [6.45, 7) is 0.183. The number of nitrogen functional groups attached to an aromatic ring is 1. The molecular formula is C12H18ClN3O4S. The number of hydrogen-bond donors (Lipinski definition) is 2. The average molecular weight is 336 g/mol. The van der Waals surface area contributed by atoms with E-state index in [-0.39, 0.29) is 24.7 Å². The lowest BCUT2D eigenvalue weighted by molar-refractivity contribution is -0.116. The molecule has 118 valence electrons. The lowest BCUT2D eigenvalue weighted by Gasteiger charge is -2.15. The molecule has 0 unspecified atom stereocenters. The number of benzene rings is 1. The molecule has 1 aliphatic rings.